The third-order valence-electron chi connectivity index (χ3n) is 4.12. The molecule has 6 heteroatoms. The Kier molecular flexibility index (Phi) is 4.88. The van der Waals surface area contributed by atoms with Gasteiger partial charge in [0, 0.05) is 42.0 Å². The molecule has 1 aliphatic rings. The van der Waals surface area contributed by atoms with Gasteiger partial charge in [-0.2, -0.15) is 0 Å². The van der Waals surface area contributed by atoms with Gasteiger partial charge >= 0.3 is 0 Å². The Hall–Kier alpha value is -1.98. The molecule has 5 nitrogen and oxygen atoms in total. The number of piperidine rings is 1. The van der Waals surface area contributed by atoms with Crippen LogP contribution in [0.25, 0.3) is 11.3 Å². The topological polar surface area (TPSA) is 66.3 Å². The molecule has 1 aromatic carbocycles. The molecule has 120 valence electrons. The lowest BCUT2D eigenvalue weighted by molar-refractivity contribution is -0.135. The molecule has 0 radical (unpaired) electrons. The van der Waals surface area contributed by atoms with Gasteiger partial charge in [-0.05, 0) is 25.0 Å². The van der Waals surface area contributed by atoms with Crippen molar-refractivity contribution in [1.82, 2.24) is 14.9 Å². The maximum Gasteiger partial charge on any atom is 0.248 e. The van der Waals surface area contributed by atoms with E-state index in [9.17, 15) is 4.79 Å². The van der Waals surface area contributed by atoms with Crippen LogP contribution in [0.2, 0.25) is 5.02 Å². The molecule has 1 amide bonds. The second kappa shape index (κ2) is 7.06. The number of hydrogen-bond acceptors (Lipinski definition) is 4. The Morgan fingerprint density at radius 3 is 2.96 bits per heavy atom. The molecule has 1 N–H and O–H groups in total. The summed E-state index contributed by atoms with van der Waals surface area (Å²) in [6, 6.07) is 7.54. The predicted octanol–water partition coefficient (Wildman–Crippen LogP) is 2.50. The van der Waals surface area contributed by atoms with Gasteiger partial charge in [0.1, 0.15) is 6.61 Å². The fourth-order valence-corrected chi connectivity index (χ4v) is 3.22. The summed E-state index contributed by atoms with van der Waals surface area (Å²) < 4.78 is 0. The average molecular weight is 332 g/mol. The molecule has 0 saturated carbocycles. The maximum absolute atomic E-state index is 11.8. The number of hydrogen-bond donors (Lipinski definition) is 1. The van der Waals surface area contributed by atoms with Crippen molar-refractivity contribution in [2.45, 2.75) is 18.8 Å². The number of amides is 1. The highest BCUT2D eigenvalue weighted by Crippen LogP contribution is 2.32. The summed E-state index contributed by atoms with van der Waals surface area (Å²) in [5.41, 5.74) is 2.61. The second-order valence-corrected chi connectivity index (χ2v) is 6.07. The first-order chi connectivity index (χ1) is 11.2. The lowest BCUT2D eigenvalue weighted by Gasteiger charge is -2.32. The van der Waals surface area contributed by atoms with Crippen molar-refractivity contribution >= 4 is 17.5 Å². The van der Waals surface area contributed by atoms with Crippen LogP contribution in [0.5, 0.6) is 0 Å². The van der Waals surface area contributed by atoms with Crippen LogP contribution in [-0.2, 0) is 4.79 Å². The van der Waals surface area contributed by atoms with Crippen molar-refractivity contribution in [3.8, 4) is 11.3 Å². The minimum Gasteiger partial charge on any atom is -0.387 e. The normalized spacial score (nSPS) is 18.0. The molecule has 1 saturated heterocycles. The number of nitrogens with zero attached hydrogens (tertiary/aromatic N) is 3. The molecule has 0 bridgehead atoms. The summed E-state index contributed by atoms with van der Waals surface area (Å²) in [5, 5.41) is 9.73. The summed E-state index contributed by atoms with van der Waals surface area (Å²) in [6.45, 7) is 0.794. The van der Waals surface area contributed by atoms with Crippen LogP contribution in [0.15, 0.2) is 36.7 Å². The number of benzene rings is 1. The molecule has 23 heavy (non-hydrogen) atoms. The number of carbonyl (C=O) groups excluding carboxylic acids is 1. The van der Waals surface area contributed by atoms with E-state index in [1.54, 1.807) is 17.3 Å². The van der Waals surface area contributed by atoms with E-state index < -0.39 is 6.61 Å². The molecule has 1 aliphatic heterocycles. The summed E-state index contributed by atoms with van der Waals surface area (Å²) in [5.74, 6) is -0.121. The molecular formula is C17H18ClN3O2. The standard InChI is InChI=1S/C17H18ClN3O2/c18-14-5-1-3-12(9-14)16-17(20-7-6-19-16)13-4-2-8-21(10-13)15(23)11-22/h1,3,5-7,9,13,22H,2,4,8,10-11H2/t13-/m1/s1. The fourth-order valence-electron chi connectivity index (χ4n) is 3.03. The Morgan fingerprint density at radius 1 is 1.35 bits per heavy atom. The number of halogens is 1. The largest absolute Gasteiger partial charge is 0.387 e. The van der Waals surface area contributed by atoms with Crippen molar-refractivity contribution in [3.05, 3.63) is 47.4 Å². The number of aliphatic hydroxyl groups excluding tert-OH is 1. The van der Waals surface area contributed by atoms with Gasteiger partial charge in [0.2, 0.25) is 5.91 Å². The molecule has 1 aromatic heterocycles. The van der Waals surface area contributed by atoms with E-state index in [4.69, 9.17) is 16.7 Å². The molecule has 0 aliphatic carbocycles. The highest BCUT2D eigenvalue weighted by Gasteiger charge is 2.27. The SMILES string of the molecule is O=C(CO)N1CCC[C@@H](c2nccnc2-c2cccc(Cl)c2)C1. The minimum absolute atomic E-state index is 0.113. The zero-order chi connectivity index (χ0) is 16.2. The quantitative estimate of drug-likeness (QED) is 0.938. The number of likely N-dealkylation sites (tertiary alicyclic amines) is 1. The van der Waals surface area contributed by atoms with Gasteiger partial charge in [0.05, 0.1) is 11.4 Å². The molecule has 0 unspecified atom stereocenters. The highest BCUT2D eigenvalue weighted by molar-refractivity contribution is 6.30. The Balaban J connectivity index is 1.93. The van der Waals surface area contributed by atoms with E-state index in [-0.39, 0.29) is 11.8 Å². The van der Waals surface area contributed by atoms with Gasteiger partial charge in [0.15, 0.2) is 0 Å². The van der Waals surface area contributed by atoms with Gasteiger partial charge in [-0.15, -0.1) is 0 Å². The van der Waals surface area contributed by atoms with Crippen LogP contribution >= 0.6 is 11.6 Å². The smallest absolute Gasteiger partial charge is 0.248 e. The number of aromatic nitrogens is 2. The van der Waals surface area contributed by atoms with E-state index in [2.05, 4.69) is 9.97 Å². The van der Waals surface area contributed by atoms with Gasteiger partial charge in [0.25, 0.3) is 0 Å². The first-order valence-corrected chi connectivity index (χ1v) is 8.02. The molecule has 1 atom stereocenters. The van der Waals surface area contributed by atoms with Crippen LogP contribution in [0.4, 0.5) is 0 Å². The van der Waals surface area contributed by atoms with Gasteiger partial charge in [-0.3, -0.25) is 14.8 Å². The summed E-state index contributed by atoms with van der Waals surface area (Å²) in [7, 11) is 0. The molecule has 0 spiro atoms. The lowest BCUT2D eigenvalue weighted by atomic mass is 9.91. The van der Waals surface area contributed by atoms with Crippen LogP contribution in [-0.4, -0.2) is 45.6 Å². The highest BCUT2D eigenvalue weighted by atomic mass is 35.5. The van der Waals surface area contributed by atoms with Crippen LogP contribution < -0.4 is 0 Å². The monoisotopic (exact) mass is 331 g/mol. The first kappa shape index (κ1) is 15.9. The Bertz CT molecular complexity index is 708. The van der Waals surface area contributed by atoms with Crippen molar-refractivity contribution in [1.29, 1.82) is 0 Å². The molecule has 3 rings (SSSR count). The third kappa shape index (κ3) is 3.51. The van der Waals surface area contributed by atoms with E-state index in [0.29, 0.717) is 18.1 Å². The van der Waals surface area contributed by atoms with Crippen molar-refractivity contribution in [3.63, 3.8) is 0 Å². The lowest BCUT2D eigenvalue weighted by Crippen LogP contribution is -2.40. The first-order valence-electron chi connectivity index (χ1n) is 7.64. The zero-order valence-corrected chi connectivity index (χ0v) is 13.4. The summed E-state index contributed by atoms with van der Waals surface area (Å²) in [4.78, 5) is 22.5. The van der Waals surface area contributed by atoms with Crippen LogP contribution in [0.3, 0.4) is 0 Å². The van der Waals surface area contributed by atoms with Crippen molar-refractivity contribution in [2.75, 3.05) is 19.7 Å². The van der Waals surface area contributed by atoms with Gasteiger partial charge in [-0.1, -0.05) is 23.7 Å². The zero-order valence-electron chi connectivity index (χ0n) is 12.7. The molecular weight excluding hydrogens is 314 g/mol. The van der Waals surface area contributed by atoms with E-state index in [1.807, 2.05) is 24.3 Å². The van der Waals surface area contributed by atoms with Crippen molar-refractivity contribution < 1.29 is 9.90 Å². The Labute approximate surface area is 139 Å². The third-order valence-corrected chi connectivity index (χ3v) is 4.36. The van der Waals surface area contributed by atoms with Crippen LogP contribution in [0, 0.1) is 0 Å². The average Bonchev–Trinajstić information content (AvgIpc) is 2.61. The van der Waals surface area contributed by atoms with E-state index in [1.165, 1.54) is 0 Å². The van der Waals surface area contributed by atoms with Gasteiger partial charge in [-0.25, -0.2) is 0 Å². The van der Waals surface area contributed by atoms with E-state index in [0.717, 1.165) is 29.8 Å². The number of rotatable bonds is 3. The fraction of sp³-hybridized carbons (Fsp3) is 0.353. The second-order valence-electron chi connectivity index (χ2n) is 5.64. The maximum atomic E-state index is 11.8. The minimum atomic E-state index is -0.450. The number of carbonyl (C=O) groups is 1. The molecule has 2 aromatic rings. The Morgan fingerprint density at radius 2 is 2.17 bits per heavy atom. The van der Waals surface area contributed by atoms with Gasteiger partial charge < -0.3 is 10.0 Å². The van der Waals surface area contributed by atoms with E-state index >= 15 is 0 Å². The summed E-state index contributed by atoms with van der Waals surface area (Å²) >= 11 is 6.09. The predicted molar refractivity (Wildman–Crippen MR) is 88.1 cm³/mol. The molecule has 2 heterocycles. The van der Waals surface area contributed by atoms with Crippen LogP contribution in [0.1, 0.15) is 24.5 Å². The molecule has 1 fully saturated rings. The van der Waals surface area contributed by atoms with Crippen molar-refractivity contribution in [2.24, 2.45) is 0 Å². The number of aliphatic hydroxyl groups is 1. The summed E-state index contributed by atoms with van der Waals surface area (Å²) in [6.07, 6.45) is 5.18.